The van der Waals surface area contributed by atoms with Crippen molar-refractivity contribution in [3.05, 3.63) is 24.0 Å². The van der Waals surface area contributed by atoms with E-state index in [2.05, 4.69) is 5.32 Å². The zero-order chi connectivity index (χ0) is 15.3. The zero-order valence-corrected chi connectivity index (χ0v) is 12.0. The summed E-state index contributed by atoms with van der Waals surface area (Å²) in [5.41, 5.74) is 5.12. The molecule has 1 unspecified atom stereocenters. The highest BCUT2D eigenvalue weighted by atomic mass is 32.2. The van der Waals surface area contributed by atoms with Gasteiger partial charge in [0.2, 0.25) is 5.91 Å². The van der Waals surface area contributed by atoms with Crippen LogP contribution < -0.4 is 11.1 Å². The first-order valence-corrected chi connectivity index (χ1v) is 7.47. The van der Waals surface area contributed by atoms with E-state index in [1.54, 1.807) is 6.92 Å². The van der Waals surface area contributed by atoms with E-state index in [-0.39, 0.29) is 23.2 Å². The molecule has 1 rings (SSSR count). The van der Waals surface area contributed by atoms with Gasteiger partial charge < -0.3 is 15.8 Å². The molecule has 20 heavy (non-hydrogen) atoms. The second kappa shape index (κ2) is 6.67. The number of amides is 1. The first kappa shape index (κ1) is 16.4. The van der Waals surface area contributed by atoms with Gasteiger partial charge in [0.1, 0.15) is 11.6 Å². The topological polar surface area (TPSA) is 98.5 Å². The molecule has 0 aliphatic heterocycles. The molecule has 1 aromatic carbocycles. The van der Waals surface area contributed by atoms with Gasteiger partial charge in [0, 0.05) is 13.2 Å². The summed E-state index contributed by atoms with van der Waals surface area (Å²) in [4.78, 5) is 11.3. The highest BCUT2D eigenvalue weighted by Gasteiger charge is 2.21. The van der Waals surface area contributed by atoms with Crippen molar-refractivity contribution in [2.75, 3.05) is 25.2 Å². The number of methoxy groups -OCH3 is 1. The molecule has 1 aromatic rings. The number of nitrogens with one attached hydrogen (secondary N) is 1. The van der Waals surface area contributed by atoms with Crippen molar-refractivity contribution in [1.82, 2.24) is 5.32 Å². The van der Waals surface area contributed by atoms with Crippen LogP contribution in [0.3, 0.4) is 0 Å². The van der Waals surface area contributed by atoms with Gasteiger partial charge in [-0.05, 0) is 25.1 Å². The number of carbonyl (C=O) groups excluding carboxylic acids is 1. The highest BCUT2D eigenvalue weighted by molar-refractivity contribution is 7.92. The smallest absolute Gasteiger partial charge is 0.235 e. The Bertz CT molecular complexity index is 589. The van der Waals surface area contributed by atoms with Crippen LogP contribution in [0.25, 0.3) is 0 Å². The lowest BCUT2D eigenvalue weighted by atomic mass is 10.3. The second-order valence-electron chi connectivity index (χ2n) is 4.37. The first-order chi connectivity index (χ1) is 9.26. The van der Waals surface area contributed by atoms with Crippen molar-refractivity contribution < 1.29 is 22.3 Å². The van der Waals surface area contributed by atoms with E-state index in [1.165, 1.54) is 13.2 Å². The third-order valence-electron chi connectivity index (χ3n) is 2.48. The molecule has 0 aliphatic carbocycles. The van der Waals surface area contributed by atoms with Crippen molar-refractivity contribution in [2.24, 2.45) is 0 Å². The Balaban J connectivity index is 2.79. The lowest BCUT2D eigenvalue weighted by molar-refractivity contribution is -0.119. The van der Waals surface area contributed by atoms with Crippen LogP contribution in [0.15, 0.2) is 23.1 Å². The van der Waals surface area contributed by atoms with Crippen LogP contribution in [0.5, 0.6) is 0 Å². The fourth-order valence-electron chi connectivity index (χ4n) is 1.57. The molecule has 3 N–H and O–H groups in total. The standard InChI is InChI=1S/C12H17FN2O4S/c1-8(6-19-2)15-12(16)7-20(17,18)9-3-4-11(14)10(13)5-9/h3-5,8H,6-7,14H2,1-2H3,(H,15,16). The van der Waals surface area contributed by atoms with Crippen LogP contribution >= 0.6 is 0 Å². The molecule has 8 heteroatoms. The molecular weight excluding hydrogens is 287 g/mol. The fraction of sp³-hybridized carbons (Fsp3) is 0.417. The molecule has 6 nitrogen and oxygen atoms in total. The molecule has 0 radical (unpaired) electrons. The number of nitrogen functional groups attached to an aromatic ring is 1. The molecule has 0 bridgehead atoms. The van der Waals surface area contributed by atoms with Crippen LogP contribution in [0.2, 0.25) is 0 Å². The maximum Gasteiger partial charge on any atom is 0.235 e. The van der Waals surface area contributed by atoms with Crippen LogP contribution in [-0.2, 0) is 19.4 Å². The molecule has 1 amide bonds. The summed E-state index contributed by atoms with van der Waals surface area (Å²) in [6.07, 6.45) is 0. The molecule has 0 heterocycles. The van der Waals surface area contributed by atoms with E-state index in [0.717, 1.165) is 12.1 Å². The minimum absolute atomic E-state index is 0.151. The summed E-state index contributed by atoms with van der Waals surface area (Å²) in [6.45, 7) is 1.94. The van der Waals surface area contributed by atoms with E-state index in [1.807, 2.05) is 0 Å². The summed E-state index contributed by atoms with van der Waals surface area (Å²) in [6, 6.07) is 2.80. The van der Waals surface area contributed by atoms with Gasteiger partial charge in [-0.25, -0.2) is 12.8 Å². The van der Waals surface area contributed by atoms with Crippen molar-refractivity contribution in [3.8, 4) is 0 Å². The first-order valence-electron chi connectivity index (χ1n) is 5.82. The minimum atomic E-state index is -3.91. The van der Waals surface area contributed by atoms with Crippen LogP contribution in [0, 0.1) is 5.82 Å². The predicted octanol–water partition coefficient (Wildman–Crippen LogP) is 0.333. The highest BCUT2D eigenvalue weighted by Crippen LogP contribution is 2.17. The van der Waals surface area contributed by atoms with Crippen LogP contribution in [-0.4, -0.2) is 39.8 Å². The predicted molar refractivity (Wildman–Crippen MR) is 72.3 cm³/mol. The van der Waals surface area contributed by atoms with E-state index in [0.29, 0.717) is 0 Å². The Morgan fingerprint density at radius 2 is 2.15 bits per heavy atom. The monoisotopic (exact) mass is 304 g/mol. The molecular formula is C12H17FN2O4S. The Hall–Kier alpha value is -1.67. The van der Waals surface area contributed by atoms with E-state index >= 15 is 0 Å². The zero-order valence-electron chi connectivity index (χ0n) is 11.2. The maximum atomic E-state index is 13.3. The fourth-order valence-corrected chi connectivity index (χ4v) is 2.72. The number of carbonyl (C=O) groups is 1. The Kier molecular flexibility index (Phi) is 5.46. The Morgan fingerprint density at radius 3 is 2.70 bits per heavy atom. The number of benzene rings is 1. The Morgan fingerprint density at radius 1 is 1.50 bits per heavy atom. The number of anilines is 1. The molecule has 1 atom stereocenters. The third-order valence-corrected chi connectivity index (χ3v) is 4.09. The number of rotatable bonds is 6. The SMILES string of the molecule is COCC(C)NC(=O)CS(=O)(=O)c1ccc(N)c(F)c1. The van der Waals surface area contributed by atoms with Gasteiger partial charge in [0.25, 0.3) is 0 Å². The summed E-state index contributed by atoms with van der Waals surface area (Å²) in [5, 5.41) is 2.47. The van der Waals surface area contributed by atoms with Gasteiger partial charge in [0.05, 0.1) is 17.2 Å². The molecule has 0 fully saturated rings. The minimum Gasteiger partial charge on any atom is -0.396 e. The van der Waals surface area contributed by atoms with Gasteiger partial charge in [-0.1, -0.05) is 0 Å². The number of hydrogen-bond donors (Lipinski definition) is 2. The quantitative estimate of drug-likeness (QED) is 0.738. The lowest BCUT2D eigenvalue weighted by Crippen LogP contribution is -2.39. The molecule has 0 saturated carbocycles. The number of hydrogen-bond acceptors (Lipinski definition) is 5. The van der Waals surface area contributed by atoms with Gasteiger partial charge in [-0.3, -0.25) is 4.79 Å². The van der Waals surface area contributed by atoms with Crippen molar-refractivity contribution in [1.29, 1.82) is 0 Å². The van der Waals surface area contributed by atoms with Gasteiger partial charge in [-0.2, -0.15) is 0 Å². The van der Waals surface area contributed by atoms with E-state index in [9.17, 15) is 17.6 Å². The summed E-state index contributed by atoms with van der Waals surface area (Å²) in [5.74, 6) is -2.27. The van der Waals surface area contributed by atoms with E-state index in [4.69, 9.17) is 10.5 Å². The average molecular weight is 304 g/mol. The largest absolute Gasteiger partial charge is 0.396 e. The number of ether oxygens (including phenoxy) is 1. The van der Waals surface area contributed by atoms with E-state index < -0.39 is 27.3 Å². The molecule has 0 saturated heterocycles. The number of sulfone groups is 1. The average Bonchev–Trinajstić information content (AvgIpc) is 2.31. The van der Waals surface area contributed by atoms with Crippen molar-refractivity contribution in [3.63, 3.8) is 0 Å². The normalized spacial score (nSPS) is 12.9. The number of nitrogens with two attached hydrogens (primary N) is 1. The molecule has 0 aromatic heterocycles. The van der Waals surface area contributed by atoms with Crippen molar-refractivity contribution >= 4 is 21.4 Å². The maximum absolute atomic E-state index is 13.3. The third kappa shape index (κ3) is 4.46. The molecule has 112 valence electrons. The van der Waals surface area contributed by atoms with Crippen LogP contribution in [0.4, 0.5) is 10.1 Å². The molecule has 0 aliphatic rings. The Labute approximate surface area is 117 Å². The van der Waals surface area contributed by atoms with Gasteiger partial charge in [-0.15, -0.1) is 0 Å². The van der Waals surface area contributed by atoms with Gasteiger partial charge in [0.15, 0.2) is 9.84 Å². The number of halogens is 1. The lowest BCUT2D eigenvalue weighted by Gasteiger charge is -2.13. The second-order valence-corrected chi connectivity index (χ2v) is 6.36. The summed E-state index contributed by atoms with van der Waals surface area (Å²) >= 11 is 0. The molecule has 0 spiro atoms. The summed E-state index contributed by atoms with van der Waals surface area (Å²) in [7, 11) is -2.44. The summed E-state index contributed by atoms with van der Waals surface area (Å²) < 4.78 is 42.0. The van der Waals surface area contributed by atoms with Crippen LogP contribution in [0.1, 0.15) is 6.92 Å². The van der Waals surface area contributed by atoms with Gasteiger partial charge >= 0.3 is 0 Å². The van der Waals surface area contributed by atoms with Crippen molar-refractivity contribution in [2.45, 2.75) is 17.9 Å².